The van der Waals surface area contributed by atoms with Crippen molar-refractivity contribution in [2.75, 3.05) is 13.1 Å². The van der Waals surface area contributed by atoms with Gasteiger partial charge >= 0.3 is 0 Å². The SMILES string of the molecule is CCNCC(OC1CC(C)CC(C)C1)c1ccccc1Br. The maximum Gasteiger partial charge on any atom is 0.0963 e. The van der Waals surface area contributed by atoms with Crippen molar-refractivity contribution in [3.05, 3.63) is 34.3 Å². The second-order valence-corrected chi connectivity index (χ2v) is 7.35. The van der Waals surface area contributed by atoms with Crippen LogP contribution in [-0.2, 0) is 4.74 Å². The van der Waals surface area contributed by atoms with Crippen LogP contribution < -0.4 is 5.32 Å². The van der Waals surface area contributed by atoms with Crippen molar-refractivity contribution < 1.29 is 4.74 Å². The normalized spacial score (nSPS) is 27.5. The molecule has 3 heteroatoms. The van der Waals surface area contributed by atoms with Crippen LogP contribution in [0.1, 0.15) is 51.7 Å². The van der Waals surface area contributed by atoms with E-state index in [2.05, 4.69) is 66.3 Å². The number of likely N-dealkylation sites (N-methyl/N-ethyl adjacent to an activating group) is 1. The molecule has 0 spiro atoms. The van der Waals surface area contributed by atoms with E-state index in [0.717, 1.165) is 29.4 Å². The van der Waals surface area contributed by atoms with Crippen LogP contribution in [0, 0.1) is 11.8 Å². The highest BCUT2D eigenvalue weighted by Gasteiger charge is 2.27. The summed E-state index contributed by atoms with van der Waals surface area (Å²) < 4.78 is 7.65. The van der Waals surface area contributed by atoms with Crippen molar-refractivity contribution in [3.63, 3.8) is 0 Å². The monoisotopic (exact) mass is 353 g/mol. The first-order valence-corrected chi connectivity index (χ1v) is 9.00. The first kappa shape index (κ1) is 17.0. The molecule has 1 N–H and O–H groups in total. The minimum Gasteiger partial charge on any atom is -0.369 e. The van der Waals surface area contributed by atoms with Crippen LogP contribution >= 0.6 is 15.9 Å². The average molecular weight is 354 g/mol. The van der Waals surface area contributed by atoms with E-state index < -0.39 is 0 Å². The van der Waals surface area contributed by atoms with E-state index in [-0.39, 0.29) is 6.10 Å². The zero-order valence-corrected chi connectivity index (χ0v) is 15.0. The summed E-state index contributed by atoms with van der Waals surface area (Å²) >= 11 is 3.67. The fourth-order valence-corrected chi connectivity index (χ4v) is 4.00. The van der Waals surface area contributed by atoms with E-state index in [0.29, 0.717) is 6.10 Å². The van der Waals surface area contributed by atoms with E-state index in [1.807, 2.05) is 0 Å². The number of ether oxygens (including phenoxy) is 1. The molecule has 0 heterocycles. The van der Waals surface area contributed by atoms with Crippen molar-refractivity contribution in [3.8, 4) is 0 Å². The predicted octanol–water partition coefficient (Wildman–Crippen LogP) is 4.94. The Labute approximate surface area is 137 Å². The third-order valence-electron chi connectivity index (χ3n) is 4.32. The van der Waals surface area contributed by atoms with Crippen LogP contribution in [-0.4, -0.2) is 19.2 Å². The largest absolute Gasteiger partial charge is 0.369 e. The van der Waals surface area contributed by atoms with Gasteiger partial charge in [-0.15, -0.1) is 0 Å². The van der Waals surface area contributed by atoms with Gasteiger partial charge < -0.3 is 10.1 Å². The summed E-state index contributed by atoms with van der Waals surface area (Å²) in [6, 6.07) is 8.42. The summed E-state index contributed by atoms with van der Waals surface area (Å²) in [5.74, 6) is 1.55. The number of nitrogens with one attached hydrogen (secondary N) is 1. The lowest BCUT2D eigenvalue weighted by molar-refractivity contribution is -0.0498. The molecule has 0 aliphatic heterocycles. The summed E-state index contributed by atoms with van der Waals surface area (Å²) in [6.45, 7) is 8.69. The highest BCUT2D eigenvalue weighted by Crippen LogP contribution is 2.34. The number of rotatable bonds is 6. The molecule has 1 aromatic rings. The van der Waals surface area contributed by atoms with Gasteiger partial charge in [0.15, 0.2) is 0 Å². The minimum atomic E-state index is 0.128. The summed E-state index contributed by atoms with van der Waals surface area (Å²) in [7, 11) is 0. The smallest absolute Gasteiger partial charge is 0.0963 e. The molecular weight excluding hydrogens is 326 g/mol. The molecule has 0 radical (unpaired) electrons. The van der Waals surface area contributed by atoms with Gasteiger partial charge in [-0.1, -0.05) is 54.9 Å². The fraction of sp³-hybridized carbons (Fsp3) is 0.667. The van der Waals surface area contributed by atoms with Gasteiger partial charge in [0.1, 0.15) is 0 Å². The van der Waals surface area contributed by atoms with Crippen LogP contribution in [0.4, 0.5) is 0 Å². The molecule has 0 amide bonds. The average Bonchev–Trinajstić information content (AvgIpc) is 2.43. The molecule has 1 aliphatic rings. The Balaban J connectivity index is 2.07. The molecule has 0 aromatic heterocycles. The lowest BCUT2D eigenvalue weighted by atomic mass is 9.81. The third-order valence-corrected chi connectivity index (χ3v) is 5.05. The first-order valence-electron chi connectivity index (χ1n) is 8.20. The number of halogens is 1. The Bertz CT molecular complexity index is 427. The molecule has 118 valence electrons. The molecule has 2 rings (SSSR count). The molecule has 1 saturated carbocycles. The van der Waals surface area contributed by atoms with Gasteiger partial charge in [-0.25, -0.2) is 0 Å². The molecule has 1 aliphatic carbocycles. The molecule has 3 atom stereocenters. The summed E-state index contributed by atoms with van der Waals surface area (Å²) in [5, 5.41) is 3.44. The summed E-state index contributed by atoms with van der Waals surface area (Å²) in [6.07, 6.45) is 4.24. The van der Waals surface area contributed by atoms with E-state index in [9.17, 15) is 0 Å². The van der Waals surface area contributed by atoms with Gasteiger partial charge in [0, 0.05) is 11.0 Å². The standard InChI is InChI=1S/C18H28BrNO/c1-4-20-12-18(16-7-5-6-8-17(16)19)21-15-10-13(2)9-14(3)11-15/h5-8,13-15,18,20H,4,9-12H2,1-3H3. The van der Waals surface area contributed by atoms with Crippen LogP contribution in [0.5, 0.6) is 0 Å². The van der Waals surface area contributed by atoms with Gasteiger partial charge in [0.2, 0.25) is 0 Å². The number of hydrogen-bond acceptors (Lipinski definition) is 2. The highest BCUT2D eigenvalue weighted by molar-refractivity contribution is 9.10. The van der Waals surface area contributed by atoms with Gasteiger partial charge in [0.25, 0.3) is 0 Å². The molecule has 0 saturated heterocycles. The molecule has 3 unspecified atom stereocenters. The Kier molecular flexibility index (Phi) is 6.72. The lowest BCUT2D eigenvalue weighted by Crippen LogP contribution is -2.31. The van der Waals surface area contributed by atoms with Crippen LogP contribution in [0.2, 0.25) is 0 Å². The maximum atomic E-state index is 6.51. The molecular formula is C18H28BrNO. The number of hydrogen-bond donors (Lipinski definition) is 1. The topological polar surface area (TPSA) is 21.3 Å². The van der Waals surface area contributed by atoms with Gasteiger partial charge in [-0.05, 0) is 49.3 Å². The lowest BCUT2D eigenvalue weighted by Gasteiger charge is -2.34. The Hall–Kier alpha value is -0.380. The van der Waals surface area contributed by atoms with E-state index in [1.165, 1.54) is 24.8 Å². The molecule has 21 heavy (non-hydrogen) atoms. The van der Waals surface area contributed by atoms with Crippen LogP contribution in [0.15, 0.2) is 28.7 Å². The highest BCUT2D eigenvalue weighted by atomic mass is 79.9. The van der Waals surface area contributed by atoms with Crippen molar-refractivity contribution >= 4 is 15.9 Å². The summed E-state index contributed by atoms with van der Waals surface area (Å²) in [4.78, 5) is 0. The second-order valence-electron chi connectivity index (χ2n) is 6.49. The molecule has 1 aromatic carbocycles. The van der Waals surface area contributed by atoms with Crippen LogP contribution in [0.25, 0.3) is 0 Å². The summed E-state index contributed by atoms with van der Waals surface area (Å²) in [5.41, 5.74) is 1.25. The van der Waals surface area contributed by atoms with Gasteiger partial charge in [0.05, 0.1) is 12.2 Å². The van der Waals surface area contributed by atoms with E-state index >= 15 is 0 Å². The third kappa shape index (κ3) is 5.08. The Morgan fingerprint density at radius 3 is 2.48 bits per heavy atom. The minimum absolute atomic E-state index is 0.128. The van der Waals surface area contributed by atoms with Crippen molar-refractivity contribution in [1.29, 1.82) is 0 Å². The second kappa shape index (κ2) is 8.30. The molecule has 2 nitrogen and oxygen atoms in total. The number of benzene rings is 1. The molecule has 0 bridgehead atoms. The first-order chi connectivity index (χ1) is 10.1. The Morgan fingerprint density at radius 2 is 1.86 bits per heavy atom. The zero-order chi connectivity index (χ0) is 15.2. The van der Waals surface area contributed by atoms with Crippen molar-refractivity contribution in [1.82, 2.24) is 5.32 Å². The van der Waals surface area contributed by atoms with Gasteiger partial charge in [-0.3, -0.25) is 0 Å². The van der Waals surface area contributed by atoms with Crippen molar-refractivity contribution in [2.45, 2.75) is 52.2 Å². The predicted molar refractivity (Wildman–Crippen MR) is 92.5 cm³/mol. The quantitative estimate of drug-likeness (QED) is 0.781. The van der Waals surface area contributed by atoms with Crippen LogP contribution in [0.3, 0.4) is 0 Å². The maximum absolute atomic E-state index is 6.51. The zero-order valence-electron chi connectivity index (χ0n) is 13.4. The Morgan fingerprint density at radius 1 is 1.19 bits per heavy atom. The molecule has 1 fully saturated rings. The van der Waals surface area contributed by atoms with E-state index in [1.54, 1.807) is 0 Å². The fourth-order valence-electron chi connectivity index (χ4n) is 3.46. The van der Waals surface area contributed by atoms with Crippen molar-refractivity contribution in [2.24, 2.45) is 11.8 Å². The van der Waals surface area contributed by atoms with Gasteiger partial charge in [-0.2, -0.15) is 0 Å². The van der Waals surface area contributed by atoms with E-state index in [4.69, 9.17) is 4.74 Å².